The first kappa shape index (κ1) is 16.3. The third kappa shape index (κ3) is 3.67. The van der Waals surface area contributed by atoms with Crippen LogP contribution in [0.1, 0.15) is 25.3 Å². The molecule has 5 heteroatoms. The van der Waals surface area contributed by atoms with Crippen LogP contribution in [-0.2, 0) is 0 Å². The van der Waals surface area contributed by atoms with Crippen molar-refractivity contribution in [1.82, 2.24) is 9.88 Å². The lowest BCUT2D eigenvalue weighted by molar-refractivity contribution is 0.208. The topological polar surface area (TPSA) is 48.5 Å². The molecule has 126 valence electrons. The number of nitrogens with one attached hydrogen (secondary N) is 1. The number of nitrogens with zero attached hydrogens (tertiary/aromatic N) is 3. The summed E-state index contributed by atoms with van der Waals surface area (Å²) in [6, 6.07) is 13.9. The Kier molecular flexibility index (Phi) is 4.99. The van der Waals surface area contributed by atoms with Crippen LogP contribution in [0.3, 0.4) is 0 Å². The molecule has 24 heavy (non-hydrogen) atoms. The summed E-state index contributed by atoms with van der Waals surface area (Å²) in [5, 5.41) is 3.07. The van der Waals surface area contributed by atoms with Gasteiger partial charge in [-0.3, -0.25) is 0 Å². The summed E-state index contributed by atoms with van der Waals surface area (Å²) in [6.07, 6.45) is 1.80. The van der Waals surface area contributed by atoms with Gasteiger partial charge in [0.05, 0.1) is 0 Å². The van der Waals surface area contributed by atoms with Crippen molar-refractivity contribution in [3.8, 4) is 0 Å². The van der Waals surface area contributed by atoms with Crippen LogP contribution in [-0.4, -0.2) is 42.1 Å². The van der Waals surface area contributed by atoms with Crippen molar-refractivity contribution in [3.63, 3.8) is 0 Å². The molecule has 0 atom stereocenters. The zero-order valence-electron chi connectivity index (χ0n) is 14.3. The summed E-state index contributed by atoms with van der Waals surface area (Å²) >= 11 is 0. The van der Waals surface area contributed by atoms with Crippen LogP contribution in [0.4, 0.5) is 16.3 Å². The maximum atomic E-state index is 12.6. The number of carbonyl (C=O) groups is 1. The van der Waals surface area contributed by atoms with Gasteiger partial charge in [0.1, 0.15) is 5.82 Å². The highest BCUT2D eigenvalue weighted by molar-refractivity contribution is 5.90. The Hall–Kier alpha value is -2.56. The number of pyridine rings is 1. The summed E-state index contributed by atoms with van der Waals surface area (Å²) in [5.74, 6) is 1.35. The molecule has 1 aromatic heterocycles. The number of hydrogen-bond acceptors (Lipinski definition) is 3. The number of aromatic nitrogens is 1. The van der Waals surface area contributed by atoms with Crippen LogP contribution in [0.2, 0.25) is 0 Å². The molecule has 0 radical (unpaired) electrons. The predicted molar refractivity (Wildman–Crippen MR) is 97.6 cm³/mol. The second kappa shape index (κ2) is 7.34. The van der Waals surface area contributed by atoms with E-state index in [2.05, 4.69) is 35.1 Å². The lowest BCUT2D eigenvalue weighted by Crippen LogP contribution is -2.50. The third-order valence-corrected chi connectivity index (χ3v) is 4.36. The zero-order valence-corrected chi connectivity index (χ0v) is 14.3. The van der Waals surface area contributed by atoms with Crippen LogP contribution in [0.15, 0.2) is 48.7 Å². The Morgan fingerprint density at radius 2 is 1.75 bits per heavy atom. The standard InChI is InChI=1S/C19H24N4O/c1-15(2)16-7-3-4-8-17(16)21-19(24)23-13-11-22(12-14-23)18-9-5-6-10-20-18/h3-10,15H,11-14H2,1-2H3,(H,21,24). The zero-order chi connectivity index (χ0) is 16.9. The Morgan fingerprint density at radius 1 is 1.04 bits per heavy atom. The first-order chi connectivity index (χ1) is 11.6. The average Bonchev–Trinajstić information content (AvgIpc) is 2.63. The fraction of sp³-hybridized carbons (Fsp3) is 0.368. The van der Waals surface area contributed by atoms with E-state index < -0.39 is 0 Å². The van der Waals surface area contributed by atoms with Gasteiger partial charge in [-0.15, -0.1) is 0 Å². The van der Waals surface area contributed by atoms with Gasteiger partial charge in [-0.2, -0.15) is 0 Å². The monoisotopic (exact) mass is 324 g/mol. The van der Waals surface area contributed by atoms with Gasteiger partial charge in [-0.1, -0.05) is 38.1 Å². The smallest absolute Gasteiger partial charge is 0.321 e. The van der Waals surface area contributed by atoms with Gasteiger partial charge in [0, 0.05) is 38.1 Å². The van der Waals surface area contributed by atoms with Gasteiger partial charge < -0.3 is 15.1 Å². The number of rotatable bonds is 3. The normalized spacial score (nSPS) is 14.8. The number of para-hydroxylation sites is 1. The van der Waals surface area contributed by atoms with E-state index in [0.717, 1.165) is 30.2 Å². The largest absolute Gasteiger partial charge is 0.353 e. The molecule has 1 aliphatic heterocycles. The van der Waals surface area contributed by atoms with Crippen molar-refractivity contribution in [2.45, 2.75) is 19.8 Å². The molecule has 0 bridgehead atoms. The predicted octanol–water partition coefficient (Wildman–Crippen LogP) is 3.56. The summed E-state index contributed by atoms with van der Waals surface area (Å²) in [6.45, 7) is 7.28. The van der Waals surface area contributed by atoms with Crippen LogP contribution in [0.25, 0.3) is 0 Å². The molecule has 2 amide bonds. The number of anilines is 2. The van der Waals surface area contributed by atoms with E-state index in [-0.39, 0.29) is 6.03 Å². The van der Waals surface area contributed by atoms with Gasteiger partial charge >= 0.3 is 6.03 Å². The van der Waals surface area contributed by atoms with Crippen LogP contribution in [0.5, 0.6) is 0 Å². The quantitative estimate of drug-likeness (QED) is 0.939. The molecule has 0 unspecified atom stereocenters. The van der Waals surface area contributed by atoms with E-state index >= 15 is 0 Å². The summed E-state index contributed by atoms with van der Waals surface area (Å²) in [7, 11) is 0. The van der Waals surface area contributed by atoms with Crippen molar-refractivity contribution < 1.29 is 4.79 Å². The van der Waals surface area contributed by atoms with Crippen molar-refractivity contribution >= 4 is 17.5 Å². The van der Waals surface area contributed by atoms with Crippen molar-refractivity contribution in [2.24, 2.45) is 0 Å². The Balaban J connectivity index is 1.60. The van der Waals surface area contributed by atoms with Gasteiger partial charge in [-0.25, -0.2) is 9.78 Å². The maximum Gasteiger partial charge on any atom is 0.321 e. The minimum atomic E-state index is -0.0243. The number of hydrogen-bond donors (Lipinski definition) is 1. The minimum absolute atomic E-state index is 0.0243. The van der Waals surface area contributed by atoms with E-state index in [1.54, 1.807) is 6.20 Å². The second-order valence-corrected chi connectivity index (χ2v) is 6.33. The van der Waals surface area contributed by atoms with E-state index in [9.17, 15) is 4.79 Å². The van der Waals surface area contributed by atoms with Gasteiger partial charge in [-0.05, 0) is 29.7 Å². The van der Waals surface area contributed by atoms with Crippen LogP contribution >= 0.6 is 0 Å². The number of benzene rings is 1. The van der Waals surface area contributed by atoms with Crippen LogP contribution < -0.4 is 10.2 Å². The van der Waals surface area contributed by atoms with Crippen LogP contribution in [0, 0.1) is 0 Å². The van der Waals surface area contributed by atoms with E-state index in [1.807, 2.05) is 41.3 Å². The molecule has 2 heterocycles. The molecule has 2 aromatic rings. The second-order valence-electron chi connectivity index (χ2n) is 6.33. The molecule has 1 N–H and O–H groups in total. The Morgan fingerprint density at radius 3 is 2.42 bits per heavy atom. The molecule has 1 fully saturated rings. The summed E-state index contributed by atoms with van der Waals surface area (Å²) in [4.78, 5) is 21.0. The Labute approximate surface area is 143 Å². The molecule has 1 aliphatic rings. The molecule has 0 aliphatic carbocycles. The molecule has 0 saturated carbocycles. The lowest BCUT2D eigenvalue weighted by atomic mass is 10.0. The van der Waals surface area contributed by atoms with Gasteiger partial charge in [0.25, 0.3) is 0 Å². The molecule has 0 spiro atoms. The van der Waals surface area contributed by atoms with E-state index in [4.69, 9.17) is 0 Å². The molecule has 5 nitrogen and oxygen atoms in total. The van der Waals surface area contributed by atoms with Crippen molar-refractivity contribution in [1.29, 1.82) is 0 Å². The molecular formula is C19H24N4O. The first-order valence-corrected chi connectivity index (χ1v) is 8.46. The third-order valence-electron chi connectivity index (χ3n) is 4.36. The molecule has 1 aromatic carbocycles. The highest BCUT2D eigenvalue weighted by atomic mass is 16.2. The number of carbonyl (C=O) groups excluding carboxylic acids is 1. The molecular weight excluding hydrogens is 300 g/mol. The van der Waals surface area contributed by atoms with Crippen molar-refractivity contribution in [2.75, 3.05) is 36.4 Å². The first-order valence-electron chi connectivity index (χ1n) is 8.46. The lowest BCUT2D eigenvalue weighted by Gasteiger charge is -2.35. The molecule has 1 saturated heterocycles. The number of amides is 2. The fourth-order valence-electron chi connectivity index (χ4n) is 2.99. The minimum Gasteiger partial charge on any atom is -0.353 e. The highest BCUT2D eigenvalue weighted by Crippen LogP contribution is 2.24. The summed E-state index contributed by atoms with van der Waals surface area (Å²) < 4.78 is 0. The van der Waals surface area contributed by atoms with Gasteiger partial charge in [0.2, 0.25) is 0 Å². The number of urea groups is 1. The fourth-order valence-corrected chi connectivity index (χ4v) is 2.99. The SMILES string of the molecule is CC(C)c1ccccc1NC(=O)N1CCN(c2ccccn2)CC1. The maximum absolute atomic E-state index is 12.6. The number of piperazine rings is 1. The molecule has 3 rings (SSSR count). The van der Waals surface area contributed by atoms with E-state index in [1.165, 1.54) is 0 Å². The summed E-state index contributed by atoms with van der Waals surface area (Å²) in [5.41, 5.74) is 2.07. The highest BCUT2D eigenvalue weighted by Gasteiger charge is 2.22. The Bertz CT molecular complexity index is 679. The van der Waals surface area contributed by atoms with E-state index in [0.29, 0.717) is 19.0 Å². The average molecular weight is 324 g/mol. The van der Waals surface area contributed by atoms with Gasteiger partial charge in [0.15, 0.2) is 0 Å². The van der Waals surface area contributed by atoms with Crippen molar-refractivity contribution in [3.05, 3.63) is 54.2 Å².